The number of H-pyrrole nitrogens is 1. The van der Waals surface area contributed by atoms with E-state index in [0.29, 0.717) is 15.9 Å². The molecule has 0 saturated carbocycles. The van der Waals surface area contributed by atoms with Crippen LogP contribution in [0.1, 0.15) is 0 Å². The highest BCUT2D eigenvalue weighted by molar-refractivity contribution is 6.31. The first-order chi connectivity index (χ1) is 5.77. The summed E-state index contributed by atoms with van der Waals surface area (Å²) < 4.78 is 0. The third-order valence-electron chi connectivity index (χ3n) is 1.61. The van der Waals surface area contributed by atoms with Gasteiger partial charge < -0.3 is 0 Å². The third-order valence-corrected chi connectivity index (χ3v) is 1.85. The van der Waals surface area contributed by atoms with Gasteiger partial charge in [-0.05, 0) is 18.2 Å². The van der Waals surface area contributed by atoms with Crippen LogP contribution in [-0.2, 0) is 0 Å². The van der Waals surface area contributed by atoms with Crippen LogP contribution in [0, 0.1) is 0 Å². The van der Waals surface area contributed by atoms with Crippen LogP contribution in [-0.4, -0.2) is 10.2 Å². The molecule has 1 N–H and O–H groups in total. The Morgan fingerprint density at radius 1 is 1.42 bits per heavy atom. The number of nitrogens with one attached hydrogen (secondary N) is 1. The normalized spacial score (nSPS) is 10.4. The molecule has 60 valence electrons. The molecule has 2 aromatic rings. The van der Waals surface area contributed by atoms with Crippen molar-refractivity contribution in [3.63, 3.8) is 0 Å². The molecule has 0 bridgehead atoms. The molecule has 1 aromatic heterocycles. The van der Waals surface area contributed by atoms with E-state index in [2.05, 4.69) is 10.2 Å². The van der Waals surface area contributed by atoms with Crippen molar-refractivity contribution < 1.29 is 0 Å². The van der Waals surface area contributed by atoms with Crippen LogP contribution in [0.2, 0.25) is 5.02 Å². The zero-order valence-electron chi connectivity index (χ0n) is 6.04. The van der Waals surface area contributed by atoms with E-state index in [-0.39, 0.29) is 5.43 Å². The van der Waals surface area contributed by atoms with E-state index >= 15 is 0 Å². The van der Waals surface area contributed by atoms with Crippen molar-refractivity contribution in [3.8, 4) is 0 Å². The van der Waals surface area contributed by atoms with Gasteiger partial charge in [-0.3, -0.25) is 9.89 Å². The van der Waals surface area contributed by atoms with Gasteiger partial charge in [0.15, 0.2) is 0 Å². The number of hydrogen-bond acceptors (Lipinski definition) is 2. The summed E-state index contributed by atoms with van der Waals surface area (Å²) in [4.78, 5) is 11.2. The average molecular weight is 181 g/mol. The summed E-state index contributed by atoms with van der Waals surface area (Å²) in [5.74, 6) is 0. The maximum atomic E-state index is 11.2. The summed E-state index contributed by atoms with van der Waals surface area (Å²) in [6.07, 6.45) is 1.23. The Labute approximate surface area is 73.0 Å². The predicted octanol–water partition coefficient (Wildman–Crippen LogP) is 1.58. The van der Waals surface area contributed by atoms with Gasteiger partial charge in [0.2, 0.25) is 5.43 Å². The molecule has 0 spiro atoms. The highest BCUT2D eigenvalue weighted by Crippen LogP contribution is 2.13. The maximum absolute atomic E-state index is 11.2. The largest absolute Gasteiger partial charge is 0.287 e. The van der Waals surface area contributed by atoms with Crippen molar-refractivity contribution in [1.82, 2.24) is 10.2 Å². The number of nitrogens with zero attached hydrogens (tertiary/aromatic N) is 1. The predicted molar refractivity (Wildman–Crippen MR) is 47.4 cm³/mol. The van der Waals surface area contributed by atoms with Gasteiger partial charge in [-0.25, -0.2) is 0 Å². The lowest BCUT2D eigenvalue weighted by Crippen LogP contribution is -2.02. The zero-order valence-corrected chi connectivity index (χ0v) is 6.80. The topological polar surface area (TPSA) is 45.8 Å². The summed E-state index contributed by atoms with van der Waals surface area (Å²) in [7, 11) is 0. The maximum Gasteiger partial charge on any atom is 0.207 e. The van der Waals surface area contributed by atoms with E-state index in [1.807, 2.05) is 0 Å². The highest BCUT2D eigenvalue weighted by Gasteiger charge is 1.97. The van der Waals surface area contributed by atoms with Gasteiger partial charge in [0, 0.05) is 5.02 Å². The molecule has 0 aliphatic carbocycles. The molecule has 12 heavy (non-hydrogen) atoms. The number of fused-ring (bicyclic) bond motifs is 1. The van der Waals surface area contributed by atoms with Gasteiger partial charge in [0.25, 0.3) is 0 Å². The fourth-order valence-electron chi connectivity index (χ4n) is 1.05. The van der Waals surface area contributed by atoms with Crippen molar-refractivity contribution >= 4 is 22.5 Å². The molecule has 0 fully saturated rings. The fourth-order valence-corrected chi connectivity index (χ4v) is 1.22. The van der Waals surface area contributed by atoms with Gasteiger partial charge in [0.1, 0.15) is 0 Å². The summed E-state index contributed by atoms with van der Waals surface area (Å²) in [5, 5.41) is 7.49. The summed E-state index contributed by atoms with van der Waals surface area (Å²) in [6.45, 7) is 0. The minimum absolute atomic E-state index is 0.119. The molecule has 1 heterocycles. The molecular formula is C8H5ClN2O. The van der Waals surface area contributed by atoms with Crippen molar-refractivity contribution in [1.29, 1.82) is 0 Å². The molecule has 0 saturated heterocycles. The van der Waals surface area contributed by atoms with Crippen LogP contribution in [0.15, 0.2) is 29.2 Å². The Hall–Kier alpha value is -1.35. The Morgan fingerprint density at radius 3 is 3.08 bits per heavy atom. The standard InChI is InChI=1S/C8H5ClN2O/c9-5-1-2-7-6(3-5)8(12)4-10-11-7/h1-4H,(H,11,12). The van der Waals surface area contributed by atoms with Gasteiger partial charge >= 0.3 is 0 Å². The van der Waals surface area contributed by atoms with Crippen LogP contribution < -0.4 is 5.43 Å². The highest BCUT2D eigenvalue weighted by atomic mass is 35.5. The van der Waals surface area contributed by atoms with Gasteiger partial charge in [-0.1, -0.05) is 11.6 Å². The summed E-state index contributed by atoms with van der Waals surface area (Å²) in [6, 6.07) is 5.06. The molecule has 1 aromatic carbocycles. The Balaban J connectivity index is 2.98. The minimum Gasteiger partial charge on any atom is -0.287 e. The molecule has 4 heteroatoms. The quantitative estimate of drug-likeness (QED) is 0.669. The number of halogens is 1. The van der Waals surface area contributed by atoms with Crippen molar-refractivity contribution in [2.75, 3.05) is 0 Å². The molecule has 0 amide bonds. The third kappa shape index (κ3) is 1.08. The number of aromatic nitrogens is 2. The Morgan fingerprint density at radius 2 is 2.25 bits per heavy atom. The average Bonchev–Trinajstić information content (AvgIpc) is 2.07. The lowest BCUT2D eigenvalue weighted by atomic mass is 10.2. The molecule has 3 nitrogen and oxygen atoms in total. The molecule has 0 atom stereocenters. The SMILES string of the molecule is O=c1cn[nH]c2ccc(Cl)cc12. The Kier molecular flexibility index (Phi) is 1.59. The van der Waals surface area contributed by atoms with Crippen LogP contribution >= 0.6 is 11.6 Å². The fraction of sp³-hybridized carbons (Fsp3) is 0. The van der Waals surface area contributed by atoms with E-state index in [1.165, 1.54) is 6.20 Å². The number of benzene rings is 1. The van der Waals surface area contributed by atoms with Gasteiger partial charge in [0.05, 0.1) is 17.1 Å². The van der Waals surface area contributed by atoms with Crippen molar-refractivity contribution in [2.45, 2.75) is 0 Å². The first-order valence-electron chi connectivity index (χ1n) is 3.40. The van der Waals surface area contributed by atoms with Crippen LogP contribution in [0.25, 0.3) is 10.9 Å². The smallest absolute Gasteiger partial charge is 0.207 e. The van der Waals surface area contributed by atoms with Crippen molar-refractivity contribution in [3.05, 3.63) is 39.6 Å². The first kappa shape index (κ1) is 7.31. The van der Waals surface area contributed by atoms with Gasteiger partial charge in [-0.2, -0.15) is 5.10 Å². The van der Waals surface area contributed by atoms with Crippen LogP contribution in [0.5, 0.6) is 0 Å². The van der Waals surface area contributed by atoms with Crippen LogP contribution in [0.3, 0.4) is 0 Å². The zero-order chi connectivity index (χ0) is 8.55. The Bertz CT molecular complexity index is 478. The second-order valence-electron chi connectivity index (χ2n) is 2.42. The monoisotopic (exact) mass is 180 g/mol. The molecule has 0 aliphatic rings. The van der Waals surface area contributed by atoms with Crippen molar-refractivity contribution in [2.24, 2.45) is 0 Å². The van der Waals surface area contributed by atoms with E-state index in [9.17, 15) is 4.79 Å². The molecular weight excluding hydrogens is 176 g/mol. The lowest BCUT2D eigenvalue weighted by Gasteiger charge is -1.94. The first-order valence-corrected chi connectivity index (χ1v) is 3.78. The van der Waals surface area contributed by atoms with Crippen LogP contribution in [0.4, 0.5) is 0 Å². The van der Waals surface area contributed by atoms with E-state index in [0.717, 1.165) is 0 Å². The number of aromatic amines is 1. The number of rotatable bonds is 0. The lowest BCUT2D eigenvalue weighted by molar-refractivity contribution is 1.06. The number of hydrogen-bond donors (Lipinski definition) is 1. The van der Waals surface area contributed by atoms with E-state index in [4.69, 9.17) is 11.6 Å². The summed E-state index contributed by atoms with van der Waals surface area (Å²) in [5.41, 5.74) is 0.582. The van der Waals surface area contributed by atoms with Gasteiger partial charge in [-0.15, -0.1) is 0 Å². The molecule has 0 unspecified atom stereocenters. The molecule has 2 rings (SSSR count). The summed E-state index contributed by atoms with van der Waals surface area (Å²) >= 11 is 5.72. The second-order valence-corrected chi connectivity index (χ2v) is 2.86. The minimum atomic E-state index is -0.119. The molecule has 0 aliphatic heterocycles. The van der Waals surface area contributed by atoms with E-state index in [1.54, 1.807) is 18.2 Å². The van der Waals surface area contributed by atoms with E-state index < -0.39 is 0 Å². The molecule has 0 radical (unpaired) electrons. The second kappa shape index (κ2) is 2.60.